The van der Waals surface area contributed by atoms with Crippen LogP contribution in [0.4, 0.5) is 0 Å². The molecule has 1 rings (SSSR count). The van der Waals surface area contributed by atoms with Crippen molar-refractivity contribution < 1.29 is 0 Å². The quantitative estimate of drug-likeness (QED) is 0.624. The Morgan fingerprint density at radius 3 is 2.83 bits per heavy atom. The Morgan fingerprint density at radius 2 is 2.25 bits per heavy atom. The lowest BCUT2D eigenvalue weighted by atomic mass is 10.1. The van der Waals surface area contributed by atoms with Crippen LogP contribution >= 0.6 is 0 Å². The Balaban J connectivity index is 2.53. The van der Waals surface area contributed by atoms with Crippen LogP contribution in [0.3, 0.4) is 0 Å². The van der Waals surface area contributed by atoms with E-state index in [1.807, 2.05) is 6.08 Å². The van der Waals surface area contributed by atoms with Crippen molar-refractivity contribution in [3.05, 3.63) is 12.7 Å². The molecule has 0 aliphatic carbocycles. The van der Waals surface area contributed by atoms with Gasteiger partial charge in [-0.3, -0.25) is 4.90 Å². The van der Waals surface area contributed by atoms with Gasteiger partial charge in [0.25, 0.3) is 0 Å². The van der Waals surface area contributed by atoms with Gasteiger partial charge in [-0.05, 0) is 20.8 Å². The fraction of sp³-hybridized carbons (Fsp3) is 0.800. The smallest absolute Gasteiger partial charge is 0.0251 e. The molecular weight excluding hydrogens is 148 g/mol. The van der Waals surface area contributed by atoms with Gasteiger partial charge in [-0.2, -0.15) is 0 Å². The first-order chi connectivity index (χ1) is 5.65. The highest BCUT2D eigenvalue weighted by Gasteiger charge is 2.24. The molecule has 1 fully saturated rings. The zero-order valence-corrected chi connectivity index (χ0v) is 8.38. The molecule has 2 nitrogen and oxygen atoms in total. The Morgan fingerprint density at radius 1 is 1.58 bits per heavy atom. The molecule has 1 aliphatic heterocycles. The van der Waals surface area contributed by atoms with Gasteiger partial charge in [0.2, 0.25) is 0 Å². The average Bonchev–Trinajstić information content (AvgIpc) is 2.08. The van der Waals surface area contributed by atoms with Gasteiger partial charge < -0.3 is 5.32 Å². The summed E-state index contributed by atoms with van der Waals surface area (Å²) in [7, 11) is 0. The molecule has 0 aromatic rings. The first-order valence-electron chi connectivity index (χ1n) is 4.76. The maximum absolute atomic E-state index is 3.83. The minimum absolute atomic E-state index is 0.504. The summed E-state index contributed by atoms with van der Waals surface area (Å²) >= 11 is 0. The van der Waals surface area contributed by atoms with E-state index in [1.165, 1.54) is 0 Å². The molecule has 70 valence electrons. The van der Waals surface area contributed by atoms with E-state index in [0.717, 1.165) is 13.1 Å². The summed E-state index contributed by atoms with van der Waals surface area (Å²) in [4.78, 5) is 2.49. The molecule has 0 spiro atoms. The van der Waals surface area contributed by atoms with E-state index < -0.39 is 0 Å². The van der Waals surface area contributed by atoms with Gasteiger partial charge in [-0.15, -0.1) is 6.58 Å². The molecule has 0 amide bonds. The molecule has 3 atom stereocenters. The minimum atomic E-state index is 0.504. The second-order valence-corrected chi connectivity index (χ2v) is 3.83. The summed E-state index contributed by atoms with van der Waals surface area (Å²) in [6, 6.07) is 1.75. The molecule has 12 heavy (non-hydrogen) atoms. The van der Waals surface area contributed by atoms with Gasteiger partial charge in [-0.25, -0.2) is 0 Å². The van der Waals surface area contributed by atoms with Crippen molar-refractivity contribution in [2.45, 2.75) is 38.9 Å². The Hall–Kier alpha value is -0.340. The minimum Gasteiger partial charge on any atom is -0.311 e. The van der Waals surface area contributed by atoms with Crippen LogP contribution in [-0.4, -0.2) is 36.1 Å². The van der Waals surface area contributed by atoms with Crippen LogP contribution < -0.4 is 5.32 Å². The summed E-state index contributed by atoms with van der Waals surface area (Å²) < 4.78 is 0. The second kappa shape index (κ2) is 4.06. The molecule has 0 aromatic heterocycles. The van der Waals surface area contributed by atoms with E-state index in [4.69, 9.17) is 0 Å². The van der Waals surface area contributed by atoms with Crippen LogP contribution in [0.15, 0.2) is 12.7 Å². The number of hydrogen-bond acceptors (Lipinski definition) is 2. The first-order valence-corrected chi connectivity index (χ1v) is 4.76. The van der Waals surface area contributed by atoms with E-state index >= 15 is 0 Å². The van der Waals surface area contributed by atoms with Crippen molar-refractivity contribution in [3.63, 3.8) is 0 Å². The fourth-order valence-electron chi connectivity index (χ4n) is 1.75. The average molecular weight is 168 g/mol. The lowest BCUT2D eigenvalue weighted by Gasteiger charge is -2.40. The maximum Gasteiger partial charge on any atom is 0.0251 e. The highest BCUT2D eigenvalue weighted by atomic mass is 15.2. The SMILES string of the molecule is C=CC(C)N1CC(C)NCC1C. The van der Waals surface area contributed by atoms with E-state index in [0.29, 0.717) is 18.1 Å². The molecule has 1 heterocycles. The van der Waals surface area contributed by atoms with Crippen molar-refractivity contribution in [1.82, 2.24) is 10.2 Å². The summed E-state index contributed by atoms with van der Waals surface area (Å²) in [5.74, 6) is 0. The molecule has 0 bridgehead atoms. The molecule has 0 radical (unpaired) electrons. The third kappa shape index (κ3) is 2.08. The van der Waals surface area contributed by atoms with Gasteiger partial charge in [0.15, 0.2) is 0 Å². The summed E-state index contributed by atoms with van der Waals surface area (Å²) in [6.07, 6.45) is 2.02. The van der Waals surface area contributed by atoms with Crippen LogP contribution in [0.2, 0.25) is 0 Å². The van der Waals surface area contributed by atoms with Crippen molar-refractivity contribution >= 4 is 0 Å². The third-order valence-corrected chi connectivity index (χ3v) is 2.68. The standard InChI is InChI=1S/C10H20N2/c1-5-9(3)12-7-8(2)11-6-10(12)4/h5,8-11H,1,6-7H2,2-4H3. The van der Waals surface area contributed by atoms with Crippen molar-refractivity contribution in [3.8, 4) is 0 Å². The molecule has 1 saturated heterocycles. The topological polar surface area (TPSA) is 15.3 Å². The highest BCUT2D eigenvalue weighted by Crippen LogP contribution is 2.11. The second-order valence-electron chi connectivity index (χ2n) is 3.83. The Labute approximate surface area is 75.6 Å². The fourth-order valence-corrected chi connectivity index (χ4v) is 1.75. The Kier molecular flexibility index (Phi) is 3.29. The van der Waals surface area contributed by atoms with E-state index in [1.54, 1.807) is 0 Å². The lowest BCUT2D eigenvalue weighted by Crippen LogP contribution is -2.56. The van der Waals surface area contributed by atoms with Gasteiger partial charge in [0, 0.05) is 31.2 Å². The number of nitrogens with zero attached hydrogens (tertiary/aromatic N) is 1. The van der Waals surface area contributed by atoms with Gasteiger partial charge >= 0.3 is 0 Å². The van der Waals surface area contributed by atoms with Gasteiger partial charge in [0.05, 0.1) is 0 Å². The highest BCUT2D eigenvalue weighted by molar-refractivity contribution is 4.91. The predicted octanol–water partition coefficient (Wildman–Crippen LogP) is 1.24. The summed E-state index contributed by atoms with van der Waals surface area (Å²) in [5.41, 5.74) is 0. The molecule has 1 aliphatic rings. The van der Waals surface area contributed by atoms with Crippen LogP contribution in [-0.2, 0) is 0 Å². The van der Waals surface area contributed by atoms with Crippen molar-refractivity contribution in [2.24, 2.45) is 0 Å². The van der Waals surface area contributed by atoms with E-state index in [-0.39, 0.29) is 0 Å². The zero-order valence-electron chi connectivity index (χ0n) is 8.38. The third-order valence-electron chi connectivity index (χ3n) is 2.68. The number of nitrogens with one attached hydrogen (secondary N) is 1. The van der Waals surface area contributed by atoms with Gasteiger partial charge in [0.1, 0.15) is 0 Å². The van der Waals surface area contributed by atoms with Crippen LogP contribution in [0, 0.1) is 0 Å². The van der Waals surface area contributed by atoms with Crippen molar-refractivity contribution in [1.29, 1.82) is 0 Å². The summed E-state index contributed by atoms with van der Waals surface area (Å²) in [5, 5.41) is 3.46. The molecule has 0 saturated carbocycles. The van der Waals surface area contributed by atoms with Crippen molar-refractivity contribution in [2.75, 3.05) is 13.1 Å². The normalized spacial score (nSPS) is 34.6. The zero-order chi connectivity index (χ0) is 9.14. The molecule has 1 N–H and O–H groups in total. The monoisotopic (exact) mass is 168 g/mol. The van der Waals surface area contributed by atoms with Crippen LogP contribution in [0.1, 0.15) is 20.8 Å². The number of piperazine rings is 1. The van der Waals surface area contributed by atoms with Crippen LogP contribution in [0.25, 0.3) is 0 Å². The molecule has 2 heteroatoms. The van der Waals surface area contributed by atoms with E-state index in [2.05, 4.69) is 37.6 Å². The lowest BCUT2D eigenvalue weighted by molar-refractivity contribution is 0.124. The maximum atomic E-state index is 3.83. The predicted molar refractivity (Wildman–Crippen MR) is 53.3 cm³/mol. The summed E-state index contributed by atoms with van der Waals surface area (Å²) in [6.45, 7) is 12.8. The molecule has 0 aromatic carbocycles. The molecule has 3 unspecified atom stereocenters. The Bertz CT molecular complexity index is 156. The van der Waals surface area contributed by atoms with Crippen LogP contribution in [0.5, 0.6) is 0 Å². The van der Waals surface area contributed by atoms with E-state index in [9.17, 15) is 0 Å². The van der Waals surface area contributed by atoms with Gasteiger partial charge in [-0.1, -0.05) is 6.08 Å². The largest absolute Gasteiger partial charge is 0.311 e. The first kappa shape index (κ1) is 9.75. The number of rotatable bonds is 2. The molecular formula is C10H20N2. The number of hydrogen-bond donors (Lipinski definition) is 1.